The van der Waals surface area contributed by atoms with Gasteiger partial charge in [0.2, 0.25) is 5.91 Å². The molecule has 1 fully saturated rings. The number of rotatable bonds is 4. The minimum absolute atomic E-state index is 0.108. The van der Waals surface area contributed by atoms with Crippen LogP contribution in [0, 0.1) is 12.8 Å². The highest BCUT2D eigenvalue weighted by Gasteiger charge is 2.26. The molecule has 0 aromatic heterocycles. The van der Waals surface area contributed by atoms with Gasteiger partial charge in [0.1, 0.15) is 5.75 Å². The zero-order chi connectivity index (χ0) is 13.8. The van der Waals surface area contributed by atoms with Gasteiger partial charge in [0.25, 0.3) is 0 Å². The fourth-order valence-electron chi connectivity index (χ4n) is 2.43. The van der Waals surface area contributed by atoms with E-state index in [2.05, 4.69) is 5.32 Å². The molecule has 104 valence electrons. The molecule has 0 spiro atoms. The highest BCUT2D eigenvalue weighted by atomic mass is 16.5. The van der Waals surface area contributed by atoms with Crippen molar-refractivity contribution in [2.75, 3.05) is 31.6 Å². The van der Waals surface area contributed by atoms with Crippen molar-refractivity contribution < 1.29 is 9.53 Å². The van der Waals surface area contributed by atoms with Crippen molar-refractivity contribution in [3.05, 3.63) is 23.8 Å². The van der Waals surface area contributed by atoms with E-state index in [9.17, 15) is 4.79 Å². The Labute approximate surface area is 114 Å². The molecule has 0 aliphatic carbocycles. The lowest BCUT2D eigenvalue weighted by Crippen LogP contribution is -2.33. The maximum atomic E-state index is 12.3. The highest BCUT2D eigenvalue weighted by Crippen LogP contribution is 2.25. The van der Waals surface area contributed by atoms with Gasteiger partial charge in [-0.05, 0) is 50.6 Å². The van der Waals surface area contributed by atoms with Crippen LogP contribution in [0.2, 0.25) is 0 Å². The Bertz CT molecular complexity index is 453. The average molecular weight is 262 g/mol. The molecule has 1 aliphatic heterocycles. The monoisotopic (exact) mass is 262 g/mol. The number of anilines is 1. The SMILES string of the molecule is CCOc1ccc(N(C)C(=O)C2CCNC2)cc1C. The third kappa shape index (κ3) is 3.07. The summed E-state index contributed by atoms with van der Waals surface area (Å²) < 4.78 is 5.52. The van der Waals surface area contributed by atoms with Crippen LogP contribution in [0.4, 0.5) is 5.69 Å². The van der Waals surface area contributed by atoms with E-state index in [0.29, 0.717) is 6.61 Å². The first-order valence-corrected chi connectivity index (χ1v) is 6.85. The molecule has 1 aliphatic rings. The van der Waals surface area contributed by atoms with Crippen molar-refractivity contribution >= 4 is 11.6 Å². The Kier molecular flexibility index (Phi) is 4.43. The molecule has 0 bridgehead atoms. The molecule has 1 aromatic rings. The average Bonchev–Trinajstić information content (AvgIpc) is 2.93. The summed E-state index contributed by atoms with van der Waals surface area (Å²) in [7, 11) is 1.84. The third-order valence-electron chi connectivity index (χ3n) is 3.59. The number of nitrogens with one attached hydrogen (secondary N) is 1. The molecule has 2 rings (SSSR count). The molecular formula is C15H22N2O2. The molecule has 19 heavy (non-hydrogen) atoms. The first-order chi connectivity index (χ1) is 9.13. The Morgan fingerprint density at radius 2 is 2.32 bits per heavy atom. The van der Waals surface area contributed by atoms with Crippen LogP contribution in [0.15, 0.2) is 18.2 Å². The van der Waals surface area contributed by atoms with Crippen molar-refractivity contribution in [3.63, 3.8) is 0 Å². The topological polar surface area (TPSA) is 41.6 Å². The van der Waals surface area contributed by atoms with Crippen LogP contribution < -0.4 is 15.0 Å². The first kappa shape index (κ1) is 13.9. The van der Waals surface area contributed by atoms with Crippen LogP contribution in [0.5, 0.6) is 5.75 Å². The van der Waals surface area contributed by atoms with E-state index >= 15 is 0 Å². The van der Waals surface area contributed by atoms with Gasteiger partial charge in [-0.3, -0.25) is 4.79 Å². The highest BCUT2D eigenvalue weighted by molar-refractivity contribution is 5.95. The minimum Gasteiger partial charge on any atom is -0.494 e. The second-order valence-corrected chi connectivity index (χ2v) is 4.97. The first-order valence-electron chi connectivity index (χ1n) is 6.85. The quantitative estimate of drug-likeness (QED) is 0.902. The lowest BCUT2D eigenvalue weighted by molar-refractivity contribution is -0.121. The molecule has 1 saturated heterocycles. The van der Waals surface area contributed by atoms with Gasteiger partial charge in [-0.25, -0.2) is 0 Å². The maximum absolute atomic E-state index is 12.3. The molecule has 0 saturated carbocycles. The third-order valence-corrected chi connectivity index (χ3v) is 3.59. The van der Waals surface area contributed by atoms with Gasteiger partial charge in [-0.1, -0.05) is 0 Å². The van der Waals surface area contributed by atoms with E-state index in [1.54, 1.807) is 4.90 Å². The van der Waals surface area contributed by atoms with Crippen LogP contribution in [-0.4, -0.2) is 32.7 Å². The molecule has 1 amide bonds. The van der Waals surface area contributed by atoms with Gasteiger partial charge in [-0.15, -0.1) is 0 Å². The Balaban J connectivity index is 2.12. The molecular weight excluding hydrogens is 240 g/mol. The second-order valence-electron chi connectivity index (χ2n) is 4.97. The molecule has 1 N–H and O–H groups in total. The molecule has 1 heterocycles. The zero-order valence-corrected chi connectivity index (χ0v) is 11.9. The molecule has 1 atom stereocenters. The Morgan fingerprint density at radius 1 is 1.53 bits per heavy atom. The number of hydrogen-bond acceptors (Lipinski definition) is 3. The van der Waals surface area contributed by atoms with Gasteiger partial charge >= 0.3 is 0 Å². The smallest absolute Gasteiger partial charge is 0.231 e. The lowest BCUT2D eigenvalue weighted by Gasteiger charge is -2.21. The second kappa shape index (κ2) is 6.06. The molecule has 4 nitrogen and oxygen atoms in total. The summed E-state index contributed by atoms with van der Waals surface area (Å²) in [6.07, 6.45) is 0.930. The van der Waals surface area contributed by atoms with Crippen molar-refractivity contribution in [2.45, 2.75) is 20.3 Å². The van der Waals surface area contributed by atoms with E-state index < -0.39 is 0 Å². The summed E-state index contributed by atoms with van der Waals surface area (Å²) in [4.78, 5) is 14.1. The van der Waals surface area contributed by atoms with E-state index in [0.717, 1.165) is 36.5 Å². The maximum Gasteiger partial charge on any atom is 0.231 e. The number of carbonyl (C=O) groups is 1. The van der Waals surface area contributed by atoms with E-state index in [4.69, 9.17) is 4.74 Å². The molecule has 4 heteroatoms. The molecule has 0 radical (unpaired) electrons. The van der Waals surface area contributed by atoms with Crippen LogP contribution in [-0.2, 0) is 4.79 Å². The molecule has 1 unspecified atom stereocenters. The largest absolute Gasteiger partial charge is 0.494 e. The van der Waals surface area contributed by atoms with Gasteiger partial charge in [0, 0.05) is 19.3 Å². The normalized spacial score (nSPS) is 18.4. The molecule has 1 aromatic carbocycles. The fraction of sp³-hybridized carbons (Fsp3) is 0.533. The predicted octanol–water partition coefficient (Wildman–Crippen LogP) is 1.97. The zero-order valence-electron chi connectivity index (χ0n) is 11.9. The summed E-state index contributed by atoms with van der Waals surface area (Å²) in [5.74, 6) is 1.18. The summed E-state index contributed by atoms with van der Waals surface area (Å²) in [6, 6.07) is 5.88. The van der Waals surface area contributed by atoms with Crippen LogP contribution >= 0.6 is 0 Å². The van der Waals surface area contributed by atoms with Gasteiger partial charge in [-0.2, -0.15) is 0 Å². The summed E-state index contributed by atoms with van der Waals surface area (Å²) >= 11 is 0. The number of aryl methyl sites for hydroxylation is 1. The predicted molar refractivity (Wildman–Crippen MR) is 76.7 cm³/mol. The van der Waals surface area contributed by atoms with Crippen LogP contribution in [0.1, 0.15) is 18.9 Å². The number of amides is 1. The van der Waals surface area contributed by atoms with Crippen molar-refractivity contribution in [1.82, 2.24) is 5.32 Å². The van der Waals surface area contributed by atoms with Crippen molar-refractivity contribution in [3.8, 4) is 5.75 Å². The summed E-state index contributed by atoms with van der Waals surface area (Å²) in [5, 5.41) is 3.23. The minimum atomic E-state index is 0.108. The summed E-state index contributed by atoms with van der Waals surface area (Å²) in [5.41, 5.74) is 1.99. The fourth-order valence-corrected chi connectivity index (χ4v) is 2.43. The van der Waals surface area contributed by atoms with E-state index in [-0.39, 0.29) is 11.8 Å². The van der Waals surface area contributed by atoms with Crippen molar-refractivity contribution in [2.24, 2.45) is 5.92 Å². The standard InChI is InChI=1S/C15H22N2O2/c1-4-19-14-6-5-13(9-11(14)2)17(3)15(18)12-7-8-16-10-12/h5-6,9,12,16H,4,7-8,10H2,1-3H3. The Hall–Kier alpha value is -1.55. The van der Waals surface area contributed by atoms with Gasteiger partial charge in [0.15, 0.2) is 0 Å². The number of carbonyl (C=O) groups excluding carboxylic acids is 1. The Morgan fingerprint density at radius 3 is 2.89 bits per heavy atom. The lowest BCUT2D eigenvalue weighted by atomic mass is 10.1. The van der Waals surface area contributed by atoms with Gasteiger partial charge < -0.3 is 15.0 Å². The van der Waals surface area contributed by atoms with Crippen LogP contribution in [0.25, 0.3) is 0 Å². The number of ether oxygens (including phenoxy) is 1. The number of benzene rings is 1. The summed E-state index contributed by atoms with van der Waals surface area (Å²) in [6.45, 7) is 6.36. The van der Waals surface area contributed by atoms with Crippen LogP contribution in [0.3, 0.4) is 0 Å². The van der Waals surface area contributed by atoms with E-state index in [1.807, 2.05) is 39.1 Å². The van der Waals surface area contributed by atoms with Crippen molar-refractivity contribution in [1.29, 1.82) is 0 Å². The van der Waals surface area contributed by atoms with Gasteiger partial charge in [0.05, 0.1) is 12.5 Å². The number of nitrogens with zero attached hydrogens (tertiary/aromatic N) is 1. The van der Waals surface area contributed by atoms with E-state index in [1.165, 1.54) is 0 Å². The number of hydrogen-bond donors (Lipinski definition) is 1.